The summed E-state index contributed by atoms with van der Waals surface area (Å²) in [5, 5.41) is 0. The Morgan fingerprint density at radius 1 is 0.941 bits per heavy atom. The van der Waals surface area contributed by atoms with Gasteiger partial charge in [-0.05, 0) is 5.56 Å². The van der Waals surface area contributed by atoms with Gasteiger partial charge in [-0.1, -0.05) is 30.3 Å². The molecule has 1 aromatic carbocycles. The van der Waals surface area contributed by atoms with Crippen molar-refractivity contribution < 1.29 is 26.3 Å². The van der Waals surface area contributed by atoms with Gasteiger partial charge in [0.25, 0.3) is 0 Å². The first-order valence-corrected chi connectivity index (χ1v) is 5.10. The van der Waals surface area contributed by atoms with Crippen molar-refractivity contribution >= 4 is 11.9 Å². The molecule has 17 heavy (non-hydrogen) atoms. The smallest absolute Gasteiger partial charge is 0.159 e. The Labute approximate surface area is 97.5 Å². The monoisotopic (exact) mass is 275 g/mol. The number of nitrogens with zero attached hydrogens (tertiary/aromatic N) is 1. The van der Waals surface area contributed by atoms with Crippen molar-refractivity contribution in [3.8, 4) is 0 Å². The first kappa shape index (κ1) is 14.2. The van der Waals surface area contributed by atoms with Crippen LogP contribution in [0.1, 0.15) is 5.56 Å². The Morgan fingerprint density at radius 3 is 1.88 bits per heavy atom. The van der Waals surface area contributed by atoms with E-state index in [1.807, 2.05) is 0 Å². The Morgan fingerprint density at radius 2 is 1.47 bits per heavy atom. The quantitative estimate of drug-likeness (QED) is 0.462. The van der Waals surface area contributed by atoms with Gasteiger partial charge in [0, 0.05) is 18.5 Å². The van der Waals surface area contributed by atoms with E-state index in [0.29, 0.717) is 0 Å². The van der Waals surface area contributed by atoms with Crippen molar-refractivity contribution in [3.63, 3.8) is 0 Å². The highest BCUT2D eigenvalue weighted by molar-refractivity contribution is 7.97. The minimum absolute atomic E-state index is 0.154. The van der Waals surface area contributed by atoms with Crippen LogP contribution in [0.5, 0.6) is 0 Å². The van der Waals surface area contributed by atoms with Crippen LogP contribution in [0.25, 0.3) is 0 Å². The van der Waals surface area contributed by atoms with Crippen LogP contribution in [0.4, 0.5) is 26.3 Å². The van der Waals surface area contributed by atoms with Gasteiger partial charge in [-0.2, -0.15) is 26.3 Å². The molecule has 0 amide bonds. The van der Waals surface area contributed by atoms with E-state index in [9.17, 15) is 26.3 Å². The summed E-state index contributed by atoms with van der Waals surface area (Å²) in [5.74, 6) is 0. The summed E-state index contributed by atoms with van der Waals surface area (Å²) in [7, 11) is 0. The lowest BCUT2D eigenvalue weighted by atomic mass is 10.2. The molecule has 8 heteroatoms. The van der Waals surface area contributed by atoms with E-state index in [1.54, 1.807) is 6.07 Å². The third-order valence-corrected chi connectivity index (χ3v) is 2.43. The summed E-state index contributed by atoms with van der Waals surface area (Å²) in [6.07, 6.45) is -5.05. The molecule has 1 nitrogen and oxygen atoms in total. The molecule has 0 heterocycles. The molecule has 0 saturated carbocycles. The van der Waals surface area contributed by atoms with Crippen molar-refractivity contribution in [2.24, 2.45) is 0 Å². The third kappa shape index (κ3) is 5.31. The summed E-state index contributed by atoms with van der Waals surface area (Å²) in [6, 6.07) is 7.15. The largest absolute Gasteiger partial charge is 0.470 e. The Hall–Kier alpha value is -0.890. The van der Waals surface area contributed by atoms with E-state index < -0.39 is 34.6 Å². The molecule has 0 aliphatic rings. The Kier molecular flexibility index (Phi) is 4.31. The molecular formula is C9H7F6NS. The molecule has 0 spiro atoms. The SMILES string of the molecule is FC(F)(F)SN(Cc1ccccc1)C(F)(F)F. The van der Waals surface area contributed by atoms with E-state index >= 15 is 0 Å². The molecule has 1 aromatic rings. The van der Waals surface area contributed by atoms with Gasteiger partial charge in [0.2, 0.25) is 0 Å². The summed E-state index contributed by atoms with van der Waals surface area (Å²) in [6.45, 7) is -0.853. The molecule has 0 aliphatic carbocycles. The molecule has 0 fully saturated rings. The number of rotatable bonds is 3. The predicted octanol–water partition coefficient (Wildman–Crippen LogP) is 4.18. The second-order valence-corrected chi connectivity index (χ2v) is 4.11. The topological polar surface area (TPSA) is 3.24 Å². The van der Waals surface area contributed by atoms with Gasteiger partial charge >= 0.3 is 11.8 Å². The van der Waals surface area contributed by atoms with E-state index in [-0.39, 0.29) is 5.56 Å². The lowest BCUT2D eigenvalue weighted by Gasteiger charge is -2.24. The lowest BCUT2D eigenvalue weighted by molar-refractivity contribution is -0.213. The number of halogens is 6. The second kappa shape index (κ2) is 5.18. The Balaban J connectivity index is 2.79. The van der Waals surface area contributed by atoms with Crippen molar-refractivity contribution in [1.82, 2.24) is 4.31 Å². The highest BCUT2D eigenvalue weighted by atomic mass is 32.2. The van der Waals surface area contributed by atoms with Gasteiger partial charge in [-0.15, -0.1) is 4.31 Å². The first-order chi connectivity index (χ1) is 7.68. The van der Waals surface area contributed by atoms with Crippen molar-refractivity contribution in [2.45, 2.75) is 18.4 Å². The molecule has 0 aromatic heterocycles. The minimum atomic E-state index is -5.05. The van der Waals surface area contributed by atoms with Gasteiger partial charge in [0.05, 0.1) is 0 Å². The van der Waals surface area contributed by atoms with E-state index in [4.69, 9.17) is 0 Å². The average molecular weight is 275 g/mol. The highest BCUT2D eigenvalue weighted by Crippen LogP contribution is 2.40. The first-order valence-electron chi connectivity index (χ1n) is 4.32. The molecule has 0 N–H and O–H groups in total. The number of hydrogen-bond donors (Lipinski definition) is 0. The third-order valence-electron chi connectivity index (χ3n) is 1.67. The standard InChI is InChI=1S/C9H7F6NS/c10-8(11,12)16(17-9(13,14)15)6-7-4-2-1-3-5-7/h1-5H,6H2. The molecular weight excluding hydrogens is 268 g/mol. The zero-order valence-electron chi connectivity index (χ0n) is 8.22. The zero-order chi connectivity index (χ0) is 13.1. The summed E-state index contributed by atoms with van der Waals surface area (Å²) < 4.78 is 72.3. The van der Waals surface area contributed by atoms with Crippen molar-refractivity contribution in [3.05, 3.63) is 35.9 Å². The maximum Gasteiger partial charge on any atom is 0.470 e. The molecule has 1 rings (SSSR count). The van der Waals surface area contributed by atoms with Gasteiger partial charge in [-0.3, -0.25) is 0 Å². The van der Waals surface area contributed by atoms with Crippen LogP contribution in [0.3, 0.4) is 0 Å². The van der Waals surface area contributed by atoms with Crippen LogP contribution >= 0.6 is 11.9 Å². The number of benzene rings is 1. The number of hydrogen-bond acceptors (Lipinski definition) is 2. The van der Waals surface area contributed by atoms with Crippen LogP contribution in [0.15, 0.2) is 30.3 Å². The fourth-order valence-corrected chi connectivity index (χ4v) is 1.61. The maximum absolute atomic E-state index is 12.3. The van der Waals surface area contributed by atoms with E-state index in [0.717, 1.165) is 0 Å². The Bertz CT molecular complexity index is 347. The second-order valence-electron chi connectivity index (χ2n) is 3.03. The fourth-order valence-electron chi connectivity index (χ4n) is 1.05. The fraction of sp³-hybridized carbons (Fsp3) is 0.333. The predicted molar refractivity (Wildman–Crippen MR) is 51.7 cm³/mol. The normalized spacial score (nSPS) is 13.1. The molecule has 0 bridgehead atoms. The lowest BCUT2D eigenvalue weighted by Crippen LogP contribution is -2.34. The van der Waals surface area contributed by atoms with Crippen molar-refractivity contribution in [2.75, 3.05) is 0 Å². The highest BCUT2D eigenvalue weighted by Gasteiger charge is 2.45. The minimum Gasteiger partial charge on any atom is -0.159 e. The summed E-state index contributed by atoms with van der Waals surface area (Å²) in [5.41, 5.74) is -4.81. The molecule has 0 unspecified atom stereocenters. The molecule has 0 aliphatic heterocycles. The van der Waals surface area contributed by atoms with Gasteiger partial charge in [0.1, 0.15) is 0 Å². The van der Waals surface area contributed by atoms with Gasteiger partial charge in [-0.25, -0.2) is 0 Å². The zero-order valence-corrected chi connectivity index (χ0v) is 9.03. The average Bonchev–Trinajstić information content (AvgIpc) is 2.15. The van der Waals surface area contributed by atoms with Gasteiger partial charge in [0.15, 0.2) is 0 Å². The van der Waals surface area contributed by atoms with Crippen LogP contribution in [-0.2, 0) is 6.54 Å². The van der Waals surface area contributed by atoms with E-state index in [2.05, 4.69) is 0 Å². The van der Waals surface area contributed by atoms with E-state index in [1.165, 1.54) is 24.3 Å². The van der Waals surface area contributed by atoms with Crippen LogP contribution in [-0.4, -0.2) is 16.1 Å². The summed E-state index contributed by atoms with van der Waals surface area (Å²) in [4.78, 5) is 0. The molecule has 0 radical (unpaired) electrons. The number of alkyl halides is 6. The molecule has 0 atom stereocenters. The summed E-state index contributed by atoms with van der Waals surface area (Å²) >= 11 is -1.19. The molecule has 0 saturated heterocycles. The van der Waals surface area contributed by atoms with Crippen molar-refractivity contribution in [1.29, 1.82) is 0 Å². The van der Waals surface area contributed by atoms with Crippen LogP contribution in [0, 0.1) is 0 Å². The molecule has 96 valence electrons. The van der Waals surface area contributed by atoms with Crippen LogP contribution in [0.2, 0.25) is 0 Å². The van der Waals surface area contributed by atoms with Gasteiger partial charge < -0.3 is 0 Å². The van der Waals surface area contributed by atoms with Crippen LogP contribution < -0.4 is 0 Å². The maximum atomic E-state index is 12.3.